The van der Waals surface area contributed by atoms with Gasteiger partial charge in [0, 0.05) is 11.2 Å². The van der Waals surface area contributed by atoms with Gasteiger partial charge in [-0.1, -0.05) is 24.3 Å². The summed E-state index contributed by atoms with van der Waals surface area (Å²) in [5, 5.41) is 22.3. The smallest absolute Gasteiger partial charge is 0.189 e. The fraction of sp³-hybridized carbons (Fsp3) is 0.370. The summed E-state index contributed by atoms with van der Waals surface area (Å²) >= 11 is 1.60. The van der Waals surface area contributed by atoms with Crippen LogP contribution < -0.4 is 5.32 Å². The number of carbonyl (C=O) groups excluding carboxylic acids is 1. The van der Waals surface area contributed by atoms with Crippen molar-refractivity contribution < 1.29 is 4.79 Å². The Bertz CT molecular complexity index is 1170. The van der Waals surface area contributed by atoms with Crippen molar-refractivity contribution in [1.29, 1.82) is 10.5 Å². The number of nitriles is 2. The van der Waals surface area contributed by atoms with Crippen LogP contribution in [0.2, 0.25) is 0 Å². The van der Waals surface area contributed by atoms with Crippen molar-refractivity contribution in [3.05, 3.63) is 64.0 Å². The average molecular weight is 476 g/mol. The molecule has 1 aromatic heterocycles. The monoisotopic (exact) mass is 475 g/mol. The van der Waals surface area contributed by atoms with Crippen LogP contribution in [-0.2, 0) is 0 Å². The van der Waals surface area contributed by atoms with E-state index in [2.05, 4.69) is 34.5 Å². The number of carbonyl (C=O) groups is 1. The van der Waals surface area contributed by atoms with Gasteiger partial charge in [0.1, 0.15) is 12.1 Å². The SMILES string of the molecule is CN(C)CCCNc1c(C#N)cccc1C#N.Cc1c(C(=O)C(C)N(C)C)sc2ccccc12. The van der Waals surface area contributed by atoms with E-state index in [-0.39, 0.29) is 11.8 Å². The number of ketones is 1. The second kappa shape index (κ2) is 12.9. The minimum absolute atomic E-state index is 0.0678. The number of para-hydroxylation sites is 1. The predicted molar refractivity (Wildman–Crippen MR) is 142 cm³/mol. The molecule has 1 unspecified atom stereocenters. The van der Waals surface area contributed by atoms with Crippen molar-refractivity contribution in [2.45, 2.75) is 26.3 Å². The first-order valence-electron chi connectivity index (χ1n) is 11.2. The Morgan fingerprint density at radius 3 is 2.18 bits per heavy atom. The average Bonchev–Trinajstić information content (AvgIpc) is 3.17. The van der Waals surface area contributed by atoms with Crippen LogP contribution in [0.25, 0.3) is 10.1 Å². The van der Waals surface area contributed by atoms with E-state index in [1.54, 1.807) is 29.5 Å². The molecule has 1 N–H and O–H groups in total. The van der Waals surface area contributed by atoms with Gasteiger partial charge in [0.2, 0.25) is 0 Å². The van der Waals surface area contributed by atoms with Gasteiger partial charge in [-0.05, 0) is 84.2 Å². The molecule has 34 heavy (non-hydrogen) atoms. The molecule has 0 fully saturated rings. The molecule has 2 aromatic carbocycles. The summed E-state index contributed by atoms with van der Waals surface area (Å²) < 4.78 is 1.19. The standard InChI is InChI=1S/C14H17NOS.C13H16N4/c1-9-11-7-5-6-8-12(11)17-14(9)13(16)10(2)15(3)4;1-17(2)8-4-7-16-13-11(9-14)5-3-6-12(13)10-15/h5-8,10H,1-4H3;3,5-6,16H,4,7-8H2,1-2H3. The Morgan fingerprint density at radius 2 is 1.65 bits per heavy atom. The van der Waals surface area contributed by atoms with Gasteiger partial charge in [0.25, 0.3) is 0 Å². The second-order valence-electron chi connectivity index (χ2n) is 8.59. The molecule has 0 saturated heterocycles. The lowest BCUT2D eigenvalue weighted by Crippen LogP contribution is -2.32. The zero-order valence-electron chi connectivity index (χ0n) is 20.8. The normalized spacial score (nSPS) is 11.5. The quantitative estimate of drug-likeness (QED) is 0.359. The minimum Gasteiger partial charge on any atom is -0.383 e. The van der Waals surface area contributed by atoms with Crippen molar-refractivity contribution in [3.8, 4) is 12.1 Å². The minimum atomic E-state index is -0.0678. The zero-order chi connectivity index (χ0) is 25.3. The molecular weight excluding hydrogens is 442 g/mol. The van der Waals surface area contributed by atoms with Crippen LogP contribution in [0.1, 0.15) is 39.7 Å². The summed E-state index contributed by atoms with van der Waals surface area (Å²) in [6.45, 7) is 5.72. The maximum atomic E-state index is 12.3. The van der Waals surface area contributed by atoms with E-state index in [1.165, 1.54) is 10.1 Å². The summed E-state index contributed by atoms with van der Waals surface area (Å²) in [6, 6.07) is 17.5. The van der Waals surface area contributed by atoms with Crippen molar-refractivity contribution >= 4 is 32.9 Å². The van der Waals surface area contributed by atoms with Crippen LogP contribution in [0.15, 0.2) is 42.5 Å². The number of nitrogens with one attached hydrogen (secondary N) is 1. The second-order valence-corrected chi connectivity index (χ2v) is 9.64. The van der Waals surface area contributed by atoms with Gasteiger partial charge in [0.05, 0.1) is 27.7 Å². The van der Waals surface area contributed by atoms with Gasteiger partial charge in [-0.25, -0.2) is 0 Å². The molecule has 3 rings (SSSR count). The predicted octanol–water partition coefficient (Wildman–Crippen LogP) is 5.14. The van der Waals surface area contributed by atoms with Crippen molar-refractivity contribution in [2.24, 2.45) is 0 Å². The number of benzene rings is 2. The van der Waals surface area contributed by atoms with Gasteiger partial charge in [-0.15, -0.1) is 11.3 Å². The maximum Gasteiger partial charge on any atom is 0.189 e. The van der Waals surface area contributed by atoms with Crippen molar-refractivity contribution in [3.63, 3.8) is 0 Å². The summed E-state index contributed by atoms with van der Waals surface area (Å²) in [6.07, 6.45) is 0.970. The molecule has 0 aliphatic heterocycles. The van der Waals surface area contributed by atoms with E-state index in [0.717, 1.165) is 30.0 Å². The first-order valence-corrected chi connectivity index (χ1v) is 12.0. The van der Waals surface area contributed by atoms with Crippen LogP contribution in [0.3, 0.4) is 0 Å². The van der Waals surface area contributed by atoms with E-state index in [1.807, 2.05) is 59.1 Å². The molecule has 0 amide bonds. The largest absolute Gasteiger partial charge is 0.383 e. The van der Waals surface area contributed by atoms with Gasteiger partial charge in [-0.2, -0.15) is 10.5 Å². The number of rotatable bonds is 8. The number of hydrogen-bond acceptors (Lipinski definition) is 7. The Kier molecular flexibility index (Phi) is 10.2. The highest BCUT2D eigenvalue weighted by atomic mass is 32.1. The number of fused-ring (bicyclic) bond motifs is 1. The third-order valence-corrected chi connectivity index (χ3v) is 6.90. The number of anilines is 1. The van der Waals surface area contributed by atoms with Gasteiger partial charge in [0.15, 0.2) is 5.78 Å². The lowest BCUT2D eigenvalue weighted by Gasteiger charge is -2.17. The summed E-state index contributed by atoms with van der Waals surface area (Å²) in [5.41, 5.74) is 2.81. The third-order valence-electron chi connectivity index (χ3n) is 5.61. The molecule has 0 radical (unpaired) electrons. The zero-order valence-corrected chi connectivity index (χ0v) is 21.7. The lowest BCUT2D eigenvalue weighted by molar-refractivity contribution is 0.0894. The number of aryl methyl sites for hydroxylation is 1. The molecule has 0 bridgehead atoms. The van der Waals surface area contributed by atoms with Gasteiger partial charge < -0.3 is 10.2 Å². The van der Waals surface area contributed by atoms with E-state index >= 15 is 0 Å². The Balaban J connectivity index is 0.000000240. The molecule has 7 heteroatoms. The Labute approximate surface area is 207 Å². The van der Waals surface area contributed by atoms with Crippen molar-refractivity contribution in [2.75, 3.05) is 46.6 Å². The fourth-order valence-electron chi connectivity index (χ4n) is 3.37. The summed E-state index contributed by atoms with van der Waals surface area (Å²) in [7, 11) is 7.91. The number of Topliss-reactive ketones (excluding diaryl/α,β-unsaturated/α-hetero) is 1. The molecular formula is C27H33N5OS. The first kappa shape index (κ1) is 27.0. The number of thiophene rings is 1. The van der Waals surface area contributed by atoms with E-state index in [9.17, 15) is 4.79 Å². The maximum absolute atomic E-state index is 12.3. The van der Waals surface area contributed by atoms with Gasteiger partial charge >= 0.3 is 0 Å². The van der Waals surface area contributed by atoms with Crippen LogP contribution in [0.4, 0.5) is 5.69 Å². The lowest BCUT2D eigenvalue weighted by atomic mass is 10.1. The molecule has 0 saturated carbocycles. The molecule has 0 aliphatic carbocycles. The summed E-state index contributed by atoms with van der Waals surface area (Å²) in [4.78, 5) is 17.3. The molecule has 6 nitrogen and oxygen atoms in total. The van der Waals surface area contributed by atoms with E-state index in [0.29, 0.717) is 16.8 Å². The highest BCUT2D eigenvalue weighted by molar-refractivity contribution is 7.21. The number of hydrogen-bond donors (Lipinski definition) is 1. The van der Waals surface area contributed by atoms with Gasteiger partial charge in [-0.3, -0.25) is 9.69 Å². The van der Waals surface area contributed by atoms with E-state index < -0.39 is 0 Å². The highest BCUT2D eigenvalue weighted by Crippen LogP contribution is 2.31. The molecule has 0 spiro atoms. The Morgan fingerprint density at radius 1 is 1.03 bits per heavy atom. The van der Waals surface area contributed by atoms with Crippen LogP contribution in [0.5, 0.6) is 0 Å². The topological polar surface area (TPSA) is 83.2 Å². The molecule has 3 aromatic rings. The Hall–Kier alpha value is -3.23. The molecule has 0 aliphatic rings. The van der Waals surface area contributed by atoms with Crippen LogP contribution in [-0.4, -0.2) is 62.9 Å². The van der Waals surface area contributed by atoms with E-state index in [4.69, 9.17) is 10.5 Å². The fourth-order valence-corrected chi connectivity index (χ4v) is 4.60. The van der Waals surface area contributed by atoms with Crippen molar-refractivity contribution in [1.82, 2.24) is 9.80 Å². The summed E-state index contributed by atoms with van der Waals surface area (Å²) in [5.74, 6) is 0.216. The third kappa shape index (κ3) is 6.88. The molecule has 1 heterocycles. The molecule has 1 atom stereocenters. The number of nitrogens with zero attached hydrogens (tertiary/aromatic N) is 4. The molecule has 178 valence electrons. The van der Waals surface area contributed by atoms with Crippen LogP contribution in [0, 0.1) is 29.6 Å². The highest BCUT2D eigenvalue weighted by Gasteiger charge is 2.21. The first-order chi connectivity index (χ1) is 16.2. The van der Waals surface area contributed by atoms with Crippen LogP contribution >= 0.6 is 11.3 Å². The number of likely N-dealkylation sites (N-methyl/N-ethyl adjacent to an activating group) is 1.